The van der Waals surface area contributed by atoms with Crippen molar-refractivity contribution < 1.29 is 4.39 Å². The molecule has 0 fully saturated rings. The van der Waals surface area contributed by atoms with Crippen LogP contribution in [0.4, 0.5) is 10.3 Å². The number of hydrogen-bond acceptors (Lipinski definition) is 7. The molecule has 0 spiro atoms. The Kier molecular flexibility index (Phi) is 4.90. The minimum atomic E-state index is -0.312. The van der Waals surface area contributed by atoms with E-state index in [9.17, 15) is 4.39 Å². The lowest BCUT2D eigenvalue weighted by atomic mass is 10.00. The standard InChI is InChI=1S/C22H20FN7S/c1-12-9-15(7-8-25-12)19-20(14-3-5-16(23)6-4-14)28-22(24)30-21(19)27-18(29-30)10-17-13(2)31-11-26-17/h3-9,11,13,17H,10H2,1-2H3,(H2,24,28). The predicted molar refractivity (Wildman–Crippen MR) is 122 cm³/mol. The van der Waals surface area contributed by atoms with Gasteiger partial charge in [-0.15, -0.1) is 16.9 Å². The lowest BCUT2D eigenvalue weighted by Gasteiger charge is -2.12. The number of nitrogens with two attached hydrogens (primary N) is 1. The maximum atomic E-state index is 13.5. The largest absolute Gasteiger partial charge is 0.368 e. The molecule has 1 aliphatic heterocycles. The van der Waals surface area contributed by atoms with E-state index in [1.165, 1.54) is 12.1 Å². The Morgan fingerprint density at radius 3 is 2.65 bits per heavy atom. The van der Waals surface area contributed by atoms with Gasteiger partial charge in [0.1, 0.15) is 5.82 Å². The summed E-state index contributed by atoms with van der Waals surface area (Å²) in [5, 5.41) is 5.00. The highest BCUT2D eigenvalue weighted by molar-refractivity contribution is 8.12. The fourth-order valence-electron chi connectivity index (χ4n) is 3.70. The molecule has 7 nitrogen and oxygen atoms in total. The maximum Gasteiger partial charge on any atom is 0.223 e. The average molecular weight is 434 g/mol. The molecule has 1 aliphatic rings. The highest BCUT2D eigenvalue weighted by atomic mass is 32.2. The number of hydrogen-bond donors (Lipinski definition) is 1. The molecule has 4 aromatic rings. The second-order valence-corrected chi connectivity index (χ2v) is 8.74. The van der Waals surface area contributed by atoms with Crippen LogP contribution in [0.3, 0.4) is 0 Å². The first kappa shape index (κ1) is 19.6. The fraction of sp³-hybridized carbons (Fsp3) is 0.227. The Bertz CT molecular complexity index is 1300. The molecule has 0 amide bonds. The fourth-order valence-corrected chi connectivity index (χ4v) is 4.46. The summed E-state index contributed by atoms with van der Waals surface area (Å²) in [6, 6.07) is 10.2. The van der Waals surface area contributed by atoms with Crippen LogP contribution in [0.1, 0.15) is 18.4 Å². The van der Waals surface area contributed by atoms with E-state index in [4.69, 9.17) is 10.7 Å². The summed E-state index contributed by atoms with van der Waals surface area (Å²) in [5.41, 5.74) is 12.7. The molecule has 0 saturated carbocycles. The topological polar surface area (TPSA) is 94.3 Å². The zero-order chi connectivity index (χ0) is 21.5. The van der Waals surface area contributed by atoms with Crippen LogP contribution in [0.5, 0.6) is 0 Å². The van der Waals surface area contributed by atoms with Crippen molar-refractivity contribution in [2.75, 3.05) is 5.73 Å². The predicted octanol–water partition coefficient (Wildman–Crippen LogP) is 3.96. The third-order valence-electron chi connectivity index (χ3n) is 5.32. The normalized spacial score (nSPS) is 18.2. The molecule has 156 valence electrons. The van der Waals surface area contributed by atoms with E-state index >= 15 is 0 Å². The van der Waals surface area contributed by atoms with Crippen molar-refractivity contribution in [1.82, 2.24) is 24.6 Å². The average Bonchev–Trinajstić information content (AvgIpc) is 3.35. The molecule has 4 heterocycles. The van der Waals surface area contributed by atoms with Crippen molar-refractivity contribution in [3.8, 4) is 22.4 Å². The zero-order valence-corrected chi connectivity index (χ0v) is 17.8. The number of anilines is 1. The molecule has 0 aliphatic carbocycles. The molecule has 0 saturated heterocycles. The number of rotatable bonds is 4. The van der Waals surface area contributed by atoms with E-state index in [1.54, 1.807) is 34.6 Å². The van der Waals surface area contributed by atoms with Gasteiger partial charge >= 0.3 is 0 Å². The molecule has 0 radical (unpaired) electrons. The van der Waals surface area contributed by atoms with Crippen molar-refractivity contribution in [2.45, 2.75) is 31.6 Å². The first-order valence-electron chi connectivity index (χ1n) is 9.91. The van der Waals surface area contributed by atoms with Crippen LogP contribution in [0.15, 0.2) is 47.6 Å². The Labute approximate surface area is 182 Å². The first-order valence-corrected chi connectivity index (χ1v) is 10.8. The number of benzene rings is 1. The van der Waals surface area contributed by atoms with Crippen LogP contribution in [-0.2, 0) is 6.42 Å². The van der Waals surface area contributed by atoms with Crippen molar-refractivity contribution in [3.05, 3.63) is 59.9 Å². The molecule has 2 N–H and O–H groups in total. The molecular formula is C22H20FN7S. The van der Waals surface area contributed by atoms with Crippen molar-refractivity contribution >= 4 is 28.9 Å². The van der Waals surface area contributed by atoms with Crippen molar-refractivity contribution in [1.29, 1.82) is 0 Å². The third kappa shape index (κ3) is 3.65. The Morgan fingerprint density at radius 1 is 1.13 bits per heavy atom. The van der Waals surface area contributed by atoms with Gasteiger partial charge in [0.25, 0.3) is 0 Å². The van der Waals surface area contributed by atoms with E-state index in [0.717, 1.165) is 22.4 Å². The molecule has 1 aromatic carbocycles. The van der Waals surface area contributed by atoms with Crippen LogP contribution in [-0.4, -0.2) is 41.4 Å². The number of halogens is 1. The second-order valence-electron chi connectivity index (χ2n) is 7.52. The van der Waals surface area contributed by atoms with Gasteiger partial charge in [0, 0.05) is 29.1 Å². The number of nitrogens with zero attached hydrogens (tertiary/aromatic N) is 6. The maximum absolute atomic E-state index is 13.5. The molecule has 3 aromatic heterocycles. The van der Waals surface area contributed by atoms with Crippen LogP contribution in [0.25, 0.3) is 28.0 Å². The summed E-state index contributed by atoms with van der Waals surface area (Å²) >= 11 is 1.71. The van der Waals surface area contributed by atoms with Gasteiger partial charge in [0.2, 0.25) is 5.95 Å². The van der Waals surface area contributed by atoms with E-state index in [0.29, 0.717) is 28.8 Å². The van der Waals surface area contributed by atoms with Gasteiger partial charge in [-0.3, -0.25) is 9.98 Å². The van der Waals surface area contributed by atoms with Gasteiger partial charge in [0.05, 0.1) is 22.8 Å². The number of thioether (sulfide) groups is 1. The summed E-state index contributed by atoms with van der Waals surface area (Å²) in [6.07, 6.45) is 2.36. The van der Waals surface area contributed by atoms with Crippen LogP contribution in [0, 0.1) is 12.7 Å². The Balaban J connectivity index is 1.73. The highest BCUT2D eigenvalue weighted by Crippen LogP contribution is 2.35. The second kappa shape index (κ2) is 7.73. The number of aromatic nitrogens is 5. The number of aliphatic imine (C=N–C) groups is 1. The van der Waals surface area contributed by atoms with E-state index in [-0.39, 0.29) is 17.8 Å². The van der Waals surface area contributed by atoms with Gasteiger partial charge in [-0.25, -0.2) is 14.4 Å². The summed E-state index contributed by atoms with van der Waals surface area (Å²) in [4.78, 5) is 18.3. The third-order valence-corrected chi connectivity index (χ3v) is 6.31. The number of fused-ring (bicyclic) bond motifs is 1. The van der Waals surface area contributed by atoms with Gasteiger partial charge in [-0.2, -0.15) is 4.52 Å². The molecular weight excluding hydrogens is 413 g/mol. The van der Waals surface area contributed by atoms with Gasteiger partial charge < -0.3 is 5.73 Å². The number of aryl methyl sites for hydroxylation is 1. The smallest absolute Gasteiger partial charge is 0.223 e. The molecule has 2 unspecified atom stereocenters. The molecule has 2 atom stereocenters. The van der Waals surface area contributed by atoms with Gasteiger partial charge in [0.15, 0.2) is 11.5 Å². The minimum Gasteiger partial charge on any atom is -0.368 e. The lowest BCUT2D eigenvalue weighted by Crippen LogP contribution is -2.17. The highest BCUT2D eigenvalue weighted by Gasteiger charge is 2.25. The van der Waals surface area contributed by atoms with Crippen molar-refractivity contribution in [2.24, 2.45) is 4.99 Å². The molecule has 9 heteroatoms. The molecule has 31 heavy (non-hydrogen) atoms. The number of nitrogen functional groups attached to an aromatic ring is 1. The SMILES string of the molecule is Cc1cc(-c2c(-c3ccc(F)cc3)nc(N)n3nc(CC4N=CSC4C)nc23)ccn1. The Hall–Kier alpha value is -3.33. The summed E-state index contributed by atoms with van der Waals surface area (Å²) in [6.45, 7) is 4.07. The zero-order valence-electron chi connectivity index (χ0n) is 17.0. The van der Waals surface area contributed by atoms with Crippen LogP contribution >= 0.6 is 11.8 Å². The minimum absolute atomic E-state index is 0.125. The van der Waals surface area contributed by atoms with E-state index < -0.39 is 0 Å². The van der Waals surface area contributed by atoms with E-state index in [2.05, 4.69) is 27.0 Å². The van der Waals surface area contributed by atoms with Gasteiger partial charge in [-0.1, -0.05) is 6.92 Å². The molecule has 0 bridgehead atoms. The number of pyridine rings is 1. The van der Waals surface area contributed by atoms with Crippen LogP contribution < -0.4 is 5.73 Å². The van der Waals surface area contributed by atoms with Gasteiger partial charge in [-0.05, 0) is 48.9 Å². The van der Waals surface area contributed by atoms with E-state index in [1.807, 2.05) is 24.6 Å². The van der Waals surface area contributed by atoms with Crippen LogP contribution in [0.2, 0.25) is 0 Å². The molecule has 5 rings (SSSR count). The summed E-state index contributed by atoms with van der Waals surface area (Å²) in [5.74, 6) is 0.571. The summed E-state index contributed by atoms with van der Waals surface area (Å²) < 4.78 is 15.1. The first-order chi connectivity index (χ1) is 15.0. The lowest BCUT2D eigenvalue weighted by molar-refractivity contribution is 0.628. The Morgan fingerprint density at radius 2 is 1.94 bits per heavy atom. The van der Waals surface area contributed by atoms with Crippen molar-refractivity contribution in [3.63, 3.8) is 0 Å². The monoisotopic (exact) mass is 433 g/mol. The quantitative estimate of drug-likeness (QED) is 0.524. The summed E-state index contributed by atoms with van der Waals surface area (Å²) in [7, 11) is 0.